The van der Waals surface area contributed by atoms with Gasteiger partial charge >= 0.3 is 0 Å². The maximum absolute atomic E-state index is 13.9. The highest BCUT2D eigenvalue weighted by Crippen LogP contribution is 2.27. The monoisotopic (exact) mass is 310 g/mol. The van der Waals surface area contributed by atoms with Crippen molar-refractivity contribution >= 4 is 11.6 Å². The highest BCUT2D eigenvalue weighted by molar-refractivity contribution is 6.31. The number of hydrazine groups is 1. The molecule has 0 bridgehead atoms. The number of hydrogen-bond acceptors (Lipinski definition) is 3. The molecule has 1 aromatic heterocycles. The second-order valence-corrected chi connectivity index (χ2v) is 5.20. The van der Waals surface area contributed by atoms with Crippen LogP contribution in [0.2, 0.25) is 5.02 Å². The predicted molar refractivity (Wildman–Crippen MR) is 82.5 cm³/mol. The Morgan fingerprint density at radius 2 is 2.10 bits per heavy atom. The Morgan fingerprint density at radius 1 is 1.38 bits per heavy atom. The molecule has 0 radical (unpaired) electrons. The van der Waals surface area contributed by atoms with Crippen LogP contribution in [0.5, 0.6) is 0 Å². The lowest BCUT2D eigenvalue weighted by molar-refractivity contribution is 0.490. The Hall–Kier alpha value is -1.43. The van der Waals surface area contributed by atoms with Crippen molar-refractivity contribution < 1.29 is 4.39 Å². The van der Waals surface area contributed by atoms with Gasteiger partial charge in [-0.15, -0.1) is 0 Å². The van der Waals surface area contributed by atoms with Crippen molar-refractivity contribution in [1.29, 1.82) is 0 Å². The average molecular weight is 311 g/mol. The molecule has 0 aliphatic heterocycles. The smallest absolute Gasteiger partial charge is 0.128 e. The van der Waals surface area contributed by atoms with Gasteiger partial charge in [0.05, 0.1) is 22.5 Å². The zero-order valence-electron chi connectivity index (χ0n) is 12.2. The third kappa shape index (κ3) is 3.26. The molecule has 1 heterocycles. The van der Waals surface area contributed by atoms with Crippen LogP contribution >= 0.6 is 11.6 Å². The zero-order chi connectivity index (χ0) is 15.4. The minimum absolute atomic E-state index is 0.283. The molecule has 4 nitrogen and oxygen atoms in total. The van der Waals surface area contributed by atoms with E-state index in [9.17, 15) is 4.39 Å². The second kappa shape index (κ2) is 7.02. The summed E-state index contributed by atoms with van der Waals surface area (Å²) in [5.74, 6) is 5.33. The van der Waals surface area contributed by atoms with E-state index in [1.807, 2.05) is 18.5 Å². The van der Waals surface area contributed by atoms with Crippen LogP contribution in [0.3, 0.4) is 0 Å². The molecule has 114 valence electrons. The number of rotatable bonds is 6. The first kappa shape index (κ1) is 15.9. The molecule has 0 aliphatic rings. The molecule has 21 heavy (non-hydrogen) atoms. The van der Waals surface area contributed by atoms with E-state index in [-0.39, 0.29) is 11.9 Å². The van der Waals surface area contributed by atoms with Crippen molar-refractivity contribution in [1.82, 2.24) is 15.2 Å². The van der Waals surface area contributed by atoms with E-state index in [4.69, 9.17) is 17.4 Å². The van der Waals surface area contributed by atoms with Gasteiger partial charge < -0.3 is 0 Å². The van der Waals surface area contributed by atoms with Gasteiger partial charge in [-0.05, 0) is 19.4 Å². The maximum atomic E-state index is 13.9. The van der Waals surface area contributed by atoms with Gasteiger partial charge in [0.1, 0.15) is 5.82 Å². The maximum Gasteiger partial charge on any atom is 0.128 e. The topological polar surface area (TPSA) is 55.9 Å². The van der Waals surface area contributed by atoms with Crippen molar-refractivity contribution in [3.05, 3.63) is 52.1 Å². The van der Waals surface area contributed by atoms with E-state index >= 15 is 0 Å². The van der Waals surface area contributed by atoms with Crippen LogP contribution in [0, 0.1) is 5.82 Å². The second-order valence-electron chi connectivity index (χ2n) is 4.82. The first-order valence-corrected chi connectivity index (χ1v) is 7.44. The number of nitrogens with zero attached hydrogens (tertiary/aromatic N) is 2. The van der Waals surface area contributed by atoms with Crippen molar-refractivity contribution in [3.8, 4) is 0 Å². The van der Waals surface area contributed by atoms with Gasteiger partial charge in [0.2, 0.25) is 0 Å². The van der Waals surface area contributed by atoms with Gasteiger partial charge in [-0.2, -0.15) is 5.10 Å². The molecule has 0 amide bonds. The molecule has 1 aromatic carbocycles. The SMILES string of the molecule is CCc1nn(CC)c(CC(NN)c2ccccc2F)c1Cl. The summed E-state index contributed by atoms with van der Waals surface area (Å²) in [4.78, 5) is 0. The highest BCUT2D eigenvalue weighted by Gasteiger charge is 2.21. The van der Waals surface area contributed by atoms with Crippen LogP contribution < -0.4 is 11.3 Å². The fourth-order valence-electron chi connectivity index (χ4n) is 2.42. The molecule has 1 unspecified atom stereocenters. The zero-order valence-corrected chi connectivity index (χ0v) is 13.0. The minimum Gasteiger partial charge on any atom is -0.271 e. The molecule has 1 atom stereocenters. The molecule has 0 aliphatic carbocycles. The van der Waals surface area contributed by atoms with E-state index in [1.165, 1.54) is 6.07 Å². The van der Waals surface area contributed by atoms with Crippen molar-refractivity contribution in [2.75, 3.05) is 0 Å². The van der Waals surface area contributed by atoms with Crippen LogP contribution in [-0.4, -0.2) is 9.78 Å². The highest BCUT2D eigenvalue weighted by atomic mass is 35.5. The summed E-state index contributed by atoms with van der Waals surface area (Å²) in [5.41, 5.74) is 4.94. The quantitative estimate of drug-likeness (QED) is 0.637. The van der Waals surface area contributed by atoms with Gasteiger partial charge in [0.15, 0.2) is 0 Å². The van der Waals surface area contributed by atoms with E-state index in [1.54, 1.807) is 18.2 Å². The summed E-state index contributed by atoms with van der Waals surface area (Å²) in [6, 6.07) is 6.25. The third-order valence-corrected chi connectivity index (χ3v) is 4.01. The lowest BCUT2D eigenvalue weighted by atomic mass is 10.0. The molecule has 2 rings (SSSR count). The van der Waals surface area contributed by atoms with Gasteiger partial charge in [-0.1, -0.05) is 36.7 Å². The number of halogens is 2. The number of nitrogens with one attached hydrogen (secondary N) is 1. The molecule has 6 heteroatoms. The van der Waals surface area contributed by atoms with Gasteiger partial charge in [-0.25, -0.2) is 4.39 Å². The largest absolute Gasteiger partial charge is 0.271 e. The fourth-order valence-corrected chi connectivity index (χ4v) is 2.77. The van der Waals surface area contributed by atoms with Crippen LogP contribution in [-0.2, 0) is 19.4 Å². The average Bonchev–Trinajstić information content (AvgIpc) is 2.81. The van der Waals surface area contributed by atoms with Gasteiger partial charge in [-0.3, -0.25) is 16.0 Å². The molecule has 3 N–H and O–H groups in total. The Kier molecular flexibility index (Phi) is 5.33. The summed E-state index contributed by atoms with van der Waals surface area (Å²) in [6.45, 7) is 4.72. The molecule has 0 saturated heterocycles. The number of nitrogens with two attached hydrogens (primary N) is 1. The van der Waals surface area contributed by atoms with Gasteiger partial charge in [0.25, 0.3) is 0 Å². The van der Waals surface area contributed by atoms with Crippen LogP contribution in [0.25, 0.3) is 0 Å². The lowest BCUT2D eigenvalue weighted by Gasteiger charge is -2.18. The fraction of sp³-hybridized carbons (Fsp3) is 0.400. The first-order valence-electron chi connectivity index (χ1n) is 7.06. The summed E-state index contributed by atoms with van der Waals surface area (Å²) in [6.07, 6.45) is 1.25. The molecule has 0 fully saturated rings. The predicted octanol–water partition coefficient (Wildman–Crippen LogP) is 3.00. The Morgan fingerprint density at radius 3 is 2.67 bits per heavy atom. The van der Waals surface area contributed by atoms with E-state index in [0.717, 1.165) is 17.8 Å². The third-order valence-electron chi connectivity index (χ3n) is 3.57. The van der Waals surface area contributed by atoms with Crippen LogP contribution in [0.1, 0.15) is 36.8 Å². The Labute approximate surface area is 129 Å². The Bertz CT molecular complexity index is 612. The van der Waals surface area contributed by atoms with Crippen molar-refractivity contribution in [2.45, 2.75) is 39.3 Å². The summed E-state index contributed by atoms with van der Waals surface area (Å²) < 4.78 is 15.8. The van der Waals surface area contributed by atoms with Crippen molar-refractivity contribution in [2.24, 2.45) is 5.84 Å². The van der Waals surface area contributed by atoms with Crippen LogP contribution in [0.4, 0.5) is 4.39 Å². The first-order chi connectivity index (χ1) is 10.1. The number of aromatic nitrogens is 2. The molecule has 0 spiro atoms. The molecular formula is C15H20ClFN4. The number of hydrogen-bond donors (Lipinski definition) is 2. The van der Waals surface area contributed by atoms with E-state index in [2.05, 4.69) is 10.5 Å². The lowest BCUT2D eigenvalue weighted by Crippen LogP contribution is -2.31. The van der Waals surface area contributed by atoms with Crippen LogP contribution in [0.15, 0.2) is 24.3 Å². The van der Waals surface area contributed by atoms with E-state index in [0.29, 0.717) is 23.6 Å². The van der Waals surface area contributed by atoms with Crippen molar-refractivity contribution in [3.63, 3.8) is 0 Å². The standard InChI is InChI=1S/C15H20ClFN4/c1-3-12-15(16)14(21(4-2)20-12)9-13(19-18)10-7-5-6-8-11(10)17/h5-8,13,19H,3-4,9,18H2,1-2H3. The van der Waals surface area contributed by atoms with Gasteiger partial charge in [0, 0.05) is 18.5 Å². The molecule has 0 saturated carbocycles. The summed E-state index contributed by atoms with van der Waals surface area (Å²) >= 11 is 6.39. The Balaban J connectivity index is 2.35. The summed E-state index contributed by atoms with van der Waals surface area (Å²) in [5, 5.41) is 5.12. The number of benzene rings is 1. The molecular weight excluding hydrogens is 291 g/mol. The normalized spacial score (nSPS) is 12.6. The number of aryl methyl sites for hydroxylation is 2. The minimum atomic E-state index is -0.351. The van der Waals surface area contributed by atoms with E-state index < -0.39 is 0 Å². The summed E-state index contributed by atoms with van der Waals surface area (Å²) in [7, 11) is 0. The molecule has 2 aromatic rings.